The van der Waals surface area contributed by atoms with E-state index in [1.54, 1.807) is 30.3 Å². The summed E-state index contributed by atoms with van der Waals surface area (Å²) in [6.07, 6.45) is -1.15. The summed E-state index contributed by atoms with van der Waals surface area (Å²) >= 11 is 12.6. The van der Waals surface area contributed by atoms with Crippen LogP contribution in [-0.2, 0) is 4.74 Å². The maximum absolute atomic E-state index is 12.2. The van der Waals surface area contributed by atoms with Gasteiger partial charge in [-0.25, -0.2) is 19.8 Å². The molecule has 2 heterocycles. The molecule has 11 heteroatoms. The Morgan fingerprint density at radius 3 is 2.63 bits per heavy atom. The van der Waals surface area contributed by atoms with Crippen LogP contribution in [0.25, 0.3) is 33.1 Å². The number of halogens is 2. The summed E-state index contributed by atoms with van der Waals surface area (Å²) in [7, 11) is 1.49. The van der Waals surface area contributed by atoms with Crippen LogP contribution in [0.4, 0.5) is 10.7 Å². The summed E-state index contributed by atoms with van der Waals surface area (Å²) in [4.78, 5) is 32.2. The van der Waals surface area contributed by atoms with Gasteiger partial charge in [0.15, 0.2) is 0 Å². The third-order valence-electron chi connectivity index (χ3n) is 4.59. The molecule has 0 aliphatic rings. The van der Waals surface area contributed by atoms with Crippen molar-refractivity contribution in [3.05, 3.63) is 50.7 Å². The molecule has 0 fully saturated rings. The fraction of sp³-hybridized carbons (Fsp3) is 0.158. The van der Waals surface area contributed by atoms with Crippen LogP contribution >= 0.6 is 23.2 Å². The van der Waals surface area contributed by atoms with Crippen LogP contribution in [-0.4, -0.2) is 51.6 Å². The van der Waals surface area contributed by atoms with Crippen molar-refractivity contribution in [2.24, 2.45) is 0 Å². The highest BCUT2D eigenvalue weighted by Crippen LogP contribution is 2.34. The fourth-order valence-electron chi connectivity index (χ4n) is 3.18. The summed E-state index contributed by atoms with van der Waals surface area (Å²) in [5.41, 5.74) is 1.79. The van der Waals surface area contributed by atoms with E-state index >= 15 is 0 Å². The van der Waals surface area contributed by atoms with Gasteiger partial charge in [-0.1, -0.05) is 29.3 Å². The molecule has 0 saturated carbocycles. The number of amides is 1. The number of hydrogen-bond donors (Lipinski definition) is 3. The van der Waals surface area contributed by atoms with Crippen LogP contribution in [0, 0.1) is 0 Å². The smallest absolute Gasteiger partial charge is 0.414 e. The quantitative estimate of drug-likeness (QED) is 0.425. The van der Waals surface area contributed by atoms with Crippen molar-refractivity contribution in [3.8, 4) is 11.3 Å². The van der Waals surface area contributed by atoms with E-state index in [9.17, 15) is 14.7 Å². The number of imidazole rings is 1. The Balaban J connectivity index is 1.86. The minimum Gasteiger partial charge on any atom is -0.465 e. The largest absolute Gasteiger partial charge is 0.465 e. The second-order valence-electron chi connectivity index (χ2n) is 6.40. The molecule has 1 amide bonds. The van der Waals surface area contributed by atoms with Gasteiger partial charge < -0.3 is 14.8 Å². The van der Waals surface area contributed by atoms with Crippen LogP contribution in [0.3, 0.4) is 0 Å². The number of nitrogens with zero attached hydrogens (tertiary/aromatic N) is 3. The fourth-order valence-corrected chi connectivity index (χ4v) is 3.67. The molecule has 0 unspecified atom stereocenters. The summed E-state index contributed by atoms with van der Waals surface area (Å²) in [6, 6.07) is 8.38. The first kappa shape index (κ1) is 20.1. The molecule has 2 aromatic carbocycles. The Hall–Kier alpha value is -3.14. The molecule has 0 radical (unpaired) electrons. The SMILES string of the molecule is COCCN(C(=O)O)c1nc2ccc(-c3n[nH]c(=O)c4c(Cl)ccc(Cl)c34)cc2[nH]1. The van der Waals surface area contributed by atoms with Crippen molar-refractivity contribution in [2.45, 2.75) is 0 Å². The van der Waals surface area contributed by atoms with E-state index in [0.29, 0.717) is 32.7 Å². The first-order valence-corrected chi connectivity index (χ1v) is 9.52. The standard InChI is InChI=1S/C19H15Cl2N5O4/c1-30-7-6-26(19(28)29)18-22-12-5-2-9(8-13(12)23-18)16-14-10(20)3-4-11(21)15(14)17(27)25-24-16/h2-5,8H,6-7H2,1H3,(H,22,23)(H,25,27)(H,28,29). The molecular weight excluding hydrogens is 433 g/mol. The number of ether oxygens (including phenoxy) is 1. The zero-order valence-corrected chi connectivity index (χ0v) is 17.1. The lowest BCUT2D eigenvalue weighted by molar-refractivity contribution is 0.186. The van der Waals surface area contributed by atoms with Crippen molar-refractivity contribution >= 4 is 57.0 Å². The molecule has 9 nitrogen and oxygen atoms in total. The van der Waals surface area contributed by atoms with Gasteiger partial charge in [0.2, 0.25) is 5.95 Å². The van der Waals surface area contributed by atoms with Crippen molar-refractivity contribution in [2.75, 3.05) is 25.2 Å². The third kappa shape index (κ3) is 3.47. The van der Waals surface area contributed by atoms with Crippen molar-refractivity contribution in [1.82, 2.24) is 20.2 Å². The molecule has 4 rings (SSSR count). The van der Waals surface area contributed by atoms with E-state index in [-0.39, 0.29) is 29.5 Å². The summed E-state index contributed by atoms with van der Waals surface area (Å²) < 4.78 is 4.96. The van der Waals surface area contributed by atoms with Gasteiger partial charge in [-0.2, -0.15) is 5.10 Å². The van der Waals surface area contributed by atoms with Crippen LogP contribution in [0.2, 0.25) is 10.0 Å². The number of fused-ring (bicyclic) bond motifs is 2. The van der Waals surface area contributed by atoms with Crippen LogP contribution < -0.4 is 10.5 Å². The molecule has 0 aliphatic heterocycles. The zero-order chi connectivity index (χ0) is 21.4. The van der Waals surface area contributed by atoms with Gasteiger partial charge >= 0.3 is 6.09 Å². The molecule has 0 saturated heterocycles. The zero-order valence-electron chi connectivity index (χ0n) is 15.6. The highest BCUT2D eigenvalue weighted by atomic mass is 35.5. The van der Waals surface area contributed by atoms with Gasteiger partial charge in [-0.15, -0.1) is 0 Å². The number of anilines is 1. The number of aromatic amines is 2. The Kier molecular flexibility index (Phi) is 5.33. The Morgan fingerprint density at radius 1 is 1.20 bits per heavy atom. The van der Waals surface area contributed by atoms with Crippen LogP contribution in [0.15, 0.2) is 35.1 Å². The normalized spacial score (nSPS) is 11.3. The highest BCUT2D eigenvalue weighted by Gasteiger charge is 2.19. The van der Waals surface area contributed by atoms with Crippen LogP contribution in [0.5, 0.6) is 0 Å². The average Bonchev–Trinajstić information content (AvgIpc) is 3.13. The number of carbonyl (C=O) groups is 1. The van der Waals surface area contributed by atoms with Gasteiger partial charge in [-0.3, -0.25) is 4.79 Å². The number of nitrogens with one attached hydrogen (secondary N) is 2. The average molecular weight is 448 g/mol. The lowest BCUT2D eigenvalue weighted by atomic mass is 10.0. The lowest BCUT2D eigenvalue weighted by Crippen LogP contribution is -2.33. The van der Waals surface area contributed by atoms with E-state index in [2.05, 4.69) is 20.2 Å². The molecule has 30 heavy (non-hydrogen) atoms. The van der Waals surface area contributed by atoms with E-state index in [4.69, 9.17) is 27.9 Å². The molecule has 4 aromatic rings. The third-order valence-corrected chi connectivity index (χ3v) is 5.22. The summed E-state index contributed by atoms with van der Waals surface area (Å²) in [5.74, 6) is 0.173. The van der Waals surface area contributed by atoms with Gasteiger partial charge in [0, 0.05) is 18.1 Å². The van der Waals surface area contributed by atoms with E-state index in [1.807, 2.05) is 0 Å². The van der Waals surface area contributed by atoms with Crippen molar-refractivity contribution in [1.29, 1.82) is 0 Å². The second-order valence-corrected chi connectivity index (χ2v) is 7.21. The van der Waals surface area contributed by atoms with Gasteiger partial charge in [-0.05, 0) is 24.3 Å². The topological polar surface area (TPSA) is 124 Å². The number of aromatic nitrogens is 4. The first-order valence-electron chi connectivity index (χ1n) is 8.76. The number of rotatable bonds is 5. The predicted octanol–water partition coefficient (Wildman–Crippen LogP) is 3.90. The first-order chi connectivity index (χ1) is 14.4. The second kappa shape index (κ2) is 7.94. The molecule has 3 N–H and O–H groups in total. The predicted molar refractivity (Wildman–Crippen MR) is 115 cm³/mol. The number of hydrogen-bond acceptors (Lipinski definition) is 5. The van der Waals surface area contributed by atoms with Gasteiger partial charge in [0.25, 0.3) is 5.56 Å². The lowest BCUT2D eigenvalue weighted by Gasteiger charge is -2.14. The number of carboxylic acid groups (broad SMARTS) is 1. The van der Waals surface area contributed by atoms with Gasteiger partial charge in [0.1, 0.15) is 5.69 Å². The Bertz CT molecular complexity index is 1330. The minimum absolute atomic E-state index is 0.124. The molecule has 0 aliphatic carbocycles. The highest BCUT2D eigenvalue weighted by molar-refractivity contribution is 6.41. The number of benzene rings is 2. The monoisotopic (exact) mass is 447 g/mol. The molecule has 2 aromatic heterocycles. The molecule has 0 bridgehead atoms. The molecular formula is C19H15Cl2N5O4. The molecule has 0 spiro atoms. The summed E-state index contributed by atoms with van der Waals surface area (Å²) in [6.45, 7) is 0.347. The molecule has 0 atom stereocenters. The van der Waals surface area contributed by atoms with Crippen molar-refractivity contribution < 1.29 is 14.6 Å². The van der Waals surface area contributed by atoms with Crippen LogP contribution in [0.1, 0.15) is 0 Å². The van der Waals surface area contributed by atoms with E-state index < -0.39 is 11.7 Å². The summed E-state index contributed by atoms with van der Waals surface area (Å²) in [5, 5.41) is 17.3. The van der Waals surface area contributed by atoms with Gasteiger partial charge in [0.05, 0.1) is 39.6 Å². The Morgan fingerprint density at radius 2 is 1.93 bits per heavy atom. The number of H-pyrrole nitrogens is 2. The maximum Gasteiger partial charge on any atom is 0.414 e. The van der Waals surface area contributed by atoms with E-state index in [0.717, 1.165) is 4.90 Å². The molecule has 154 valence electrons. The Labute approximate surface area is 179 Å². The minimum atomic E-state index is -1.15. The maximum atomic E-state index is 12.2. The van der Waals surface area contributed by atoms with E-state index in [1.165, 1.54) is 7.11 Å². The van der Waals surface area contributed by atoms with Crippen molar-refractivity contribution in [3.63, 3.8) is 0 Å². The number of methoxy groups -OCH3 is 1.